The van der Waals surface area contributed by atoms with Gasteiger partial charge in [0.25, 0.3) is 5.56 Å². The molecule has 0 radical (unpaired) electrons. The van der Waals surface area contributed by atoms with Crippen LogP contribution in [0.4, 0.5) is 0 Å². The second-order valence-corrected chi connectivity index (χ2v) is 5.43. The van der Waals surface area contributed by atoms with E-state index in [0.717, 1.165) is 5.56 Å². The minimum atomic E-state index is -0.790. The van der Waals surface area contributed by atoms with Gasteiger partial charge in [-0.25, -0.2) is 4.98 Å². The zero-order valence-electron chi connectivity index (χ0n) is 12.9. The van der Waals surface area contributed by atoms with E-state index in [2.05, 4.69) is 10.3 Å². The Bertz CT molecular complexity index is 906. The topological polar surface area (TPSA) is 84.2 Å². The van der Waals surface area contributed by atoms with Crippen LogP contribution in [0.3, 0.4) is 0 Å². The molecule has 24 heavy (non-hydrogen) atoms. The normalized spacial score (nSPS) is 12.0. The number of rotatable bonds is 5. The van der Waals surface area contributed by atoms with E-state index in [1.54, 1.807) is 36.4 Å². The fourth-order valence-electron chi connectivity index (χ4n) is 2.43. The van der Waals surface area contributed by atoms with Crippen molar-refractivity contribution in [3.05, 3.63) is 76.8 Å². The molecule has 0 spiro atoms. The van der Waals surface area contributed by atoms with Gasteiger partial charge in [-0.15, -0.1) is 0 Å². The molecule has 0 bridgehead atoms. The van der Waals surface area contributed by atoms with E-state index in [1.165, 1.54) is 10.9 Å². The van der Waals surface area contributed by atoms with Gasteiger partial charge in [0, 0.05) is 6.54 Å². The highest BCUT2D eigenvalue weighted by Crippen LogP contribution is 2.10. The number of para-hydroxylation sites is 1. The summed E-state index contributed by atoms with van der Waals surface area (Å²) in [6.45, 7) is -0.0587. The summed E-state index contributed by atoms with van der Waals surface area (Å²) in [5.41, 5.74) is 1.06. The largest absolute Gasteiger partial charge is 0.387 e. The molecule has 1 atom stereocenters. The first-order valence-corrected chi connectivity index (χ1v) is 7.59. The van der Waals surface area contributed by atoms with Gasteiger partial charge in [0.05, 0.1) is 23.3 Å². The molecule has 1 amide bonds. The highest BCUT2D eigenvalue weighted by Gasteiger charge is 2.11. The highest BCUT2D eigenvalue weighted by atomic mass is 16.3. The number of aromatic nitrogens is 2. The summed E-state index contributed by atoms with van der Waals surface area (Å²) in [4.78, 5) is 28.5. The first-order valence-electron chi connectivity index (χ1n) is 7.59. The van der Waals surface area contributed by atoms with Crippen LogP contribution in [0.15, 0.2) is 65.7 Å². The lowest BCUT2D eigenvalue weighted by Crippen LogP contribution is -2.34. The zero-order valence-corrected chi connectivity index (χ0v) is 12.9. The SMILES string of the molecule is O=C(Cn1cnc2ccccc2c1=O)NC[C@@H](O)c1ccccc1. The molecule has 2 N–H and O–H groups in total. The van der Waals surface area contributed by atoms with E-state index in [0.29, 0.717) is 10.9 Å². The first kappa shape index (κ1) is 15.9. The summed E-state index contributed by atoms with van der Waals surface area (Å²) in [6.07, 6.45) is 0.569. The van der Waals surface area contributed by atoms with Gasteiger partial charge in [0.2, 0.25) is 5.91 Å². The van der Waals surface area contributed by atoms with Crippen molar-refractivity contribution in [2.75, 3.05) is 6.54 Å². The van der Waals surface area contributed by atoms with Crippen molar-refractivity contribution < 1.29 is 9.90 Å². The van der Waals surface area contributed by atoms with Crippen LogP contribution in [0.25, 0.3) is 10.9 Å². The first-order chi connectivity index (χ1) is 11.6. The summed E-state index contributed by atoms with van der Waals surface area (Å²) >= 11 is 0. The fourth-order valence-corrected chi connectivity index (χ4v) is 2.43. The van der Waals surface area contributed by atoms with Crippen LogP contribution in [-0.2, 0) is 11.3 Å². The summed E-state index contributed by atoms with van der Waals surface area (Å²) < 4.78 is 1.26. The third kappa shape index (κ3) is 3.49. The summed E-state index contributed by atoms with van der Waals surface area (Å²) in [7, 11) is 0. The maximum atomic E-state index is 12.3. The van der Waals surface area contributed by atoms with Crippen LogP contribution < -0.4 is 10.9 Å². The maximum Gasteiger partial charge on any atom is 0.261 e. The summed E-state index contributed by atoms with van der Waals surface area (Å²) in [5, 5.41) is 13.1. The van der Waals surface area contributed by atoms with Crippen molar-refractivity contribution in [3.8, 4) is 0 Å². The van der Waals surface area contributed by atoms with E-state index in [9.17, 15) is 14.7 Å². The molecule has 1 heterocycles. The third-order valence-electron chi connectivity index (χ3n) is 3.72. The number of nitrogens with zero attached hydrogens (tertiary/aromatic N) is 2. The van der Waals surface area contributed by atoms with Crippen molar-refractivity contribution in [2.45, 2.75) is 12.6 Å². The molecular formula is C18H17N3O3. The van der Waals surface area contributed by atoms with E-state index in [-0.39, 0.29) is 24.6 Å². The van der Waals surface area contributed by atoms with E-state index >= 15 is 0 Å². The lowest BCUT2D eigenvalue weighted by atomic mass is 10.1. The van der Waals surface area contributed by atoms with Gasteiger partial charge in [-0.3, -0.25) is 14.2 Å². The molecule has 0 aliphatic heterocycles. The second-order valence-electron chi connectivity index (χ2n) is 5.43. The minimum Gasteiger partial charge on any atom is -0.387 e. The van der Waals surface area contributed by atoms with Crippen molar-refractivity contribution in [1.29, 1.82) is 0 Å². The average molecular weight is 323 g/mol. The molecule has 2 aromatic carbocycles. The average Bonchev–Trinajstić information content (AvgIpc) is 2.63. The Hall–Kier alpha value is -2.99. The lowest BCUT2D eigenvalue weighted by molar-refractivity contribution is -0.122. The number of nitrogens with one attached hydrogen (secondary N) is 1. The number of hydrogen-bond donors (Lipinski definition) is 2. The predicted octanol–water partition coefficient (Wildman–Crippen LogP) is 1.25. The van der Waals surface area contributed by atoms with Gasteiger partial charge in [-0.2, -0.15) is 0 Å². The Labute approximate surface area is 138 Å². The second kappa shape index (κ2) is 7.06. The molecule has 3 aromatic rings. The third-order valence-corrected chi connectivity index (χ3v) is 3.72. The Morgan fingerprint density at radius 1 is 1.12 bits per heavy atom. The number of aliphatic hydroxyl groups is 1. The molecule has 122 valence electrons. The standard InChI is InChI=1S/C18H17N3O3/c22-16(13-6-2-1-3-7-13)10-19-17(23)11-21-12-20-15-9-5-4-8-14(15)18(21)24/h1-9,12,16,22H,10-11H2,(H,19,23)/t16-/m1/s1. The lowest BCUT2D eigenvalue weighted by Gasteiger charge is -2.12. The van der Waals surface area contributed by atoms with Gasteiger partial charge < -0.3 is 10.4 Å². The Kier molecular flexibility index (Phi) is 4.67. The molecule has 0 unspecified atom stereocenters. The molecular weight excluding hydrogens is 306 g/mol. The Morgan fingerprint density at radius 3 is 2.62 bits per heavy atom. The monoisotopic (exact) mass is 323 g/mol. The van der Waals surface area contributed by atoms with Crippen LogP contribution in [0, 0.1) is 0 Å². The van der Waals surface area contributed by atoms with Crippen molar-refractivity contribution in [1.82, 2.24) is 14.9 Å². The van der Waals surface area contributed by atoms with E-state index < -0.39 is 6.10 Å². The van der Waals surface area contributed by atoms with Crippen LogP contribution in [0.5, 0.6) is 0 Å². The van der Waals surface area contributed by atoms with Gasteiger partial charge in [0.1, 0.15) is 6.54 Å². The smallest absolute Gasteiger partial charge is 0.261 e. The number of carbonyl (C=O) groups is 1. The predicted molar refractivity (Wildman–Crippen MR) is 90.4 cm³/mol. The van der Waals surface area contributed by atoms with Crippen molar-refractivity contribution in [2.24, 2.45) is 0 Å². The number of benzene rings is 2. The number of carbonyl (C=O) groups excluding carboxylic acids is 1. The quantitative estimate of drug-likeness (QED) is 0.740. The molecule has 6 heteroatoms. The number of fused-ring (bicyclic) bond motifs is 1. The molecule has 0 saturated carbocycles. The van der Waals surface area contributed by atoms with Gasteiger partial charge in [-0.1, -0.05) is 42.5 Å². The van der Waals surface area contributed by atoms with Gasteiger partial charge >= 0.3 is 0 Å². The van der Waals surface area contributed by atoms with Gasteiger partial charge in [0.15, 0.2) is 0 Å². The highest BCUT2D eigenvalue weighted by molar-refractivity contribution is 5.78. The van der Waals surface area contributed by atoms with E-state index in [1.807, 2.05) is 18.2 Å². The zero-order chi connectivity index (χ0) is 16.9. The molecule has 6 nitrogen and oxygen atoms in total. The molecule has 0 saturated heterocycles. The minimum absolute atomic E-state index is 0.0820. The molecule has 0 aliphatic carbocycles. The summed E-state index contributed by atoms with van der Waals surface area (Å²) in [5.74, 6) is -0.357. The van der Waals surface area contributed by atoms with Crippen LogP contribution in [-0.4, -0.2) is 27.1 Å². The molecule has 0 aliphatic rings. The fraction of sp³-hybridized carbons (Fsp3) is 0.167. The number of hydrogen-bond acceptors (Lipinski definition) is 4. The Morgan fingerprint density at radius 2 is 1.83 bits per heavy atom. The molecule has 1 aromatic heterocycles. The van der Waals surface area contributed by atoms with E-state index in [4.69, 9.17) is 0 Å². The molecule has 3 rings (SSSR count). The Balaban J connectivity index is 1.65. The van der Waals surface area contributed by atoms with Gasteiger partial charge in [-0.05, 0) is 17.7 Å². The van der Waals surface area contributed by atoms with Crippen molar-refractivity contribution >= 4 is 16.8 Å². The molecule has 0 fully saturated rings. The maximum absolute atomic E-state index is 12.3. The number of amides is 1. The number of aliphatic hydroxyl groups excluding tert-OH is 1. The van der Waals surface area contributed by atoms with Crippen LogP contribution in [0.1, 0.15) is 11.7 Å². The van der Waals surface area contributed by atoms with Crippen LogP contribution in [0.2, 0.25) is 0 Å². The summed E-state index contributed by atoms with van der Waals surface area (Å²) in [6, 6.07) is 16.1. The van der Waals surface area contributed by atoms with Crippen molar-refractivity contribution in [3.63, 3.8) is 0 Å². The van der Waals surface area contributed by atoms with Crippen LogP contribution >= 0.6 is 0 Å².